The Bertz CT molecular complexity index is 910. The van der Waals surface area contributed by atoms with Crippen molar-refractivity contribution in [3.05, 3.63) is 70.1 Å². The highest BCUT2D eigenvalue weighted by molar-refractivity contribution is 8.27. The third-order valence-electron chi connectivity index (χ3n) is 4.59. The molecule has 4 rings (SSSR count). The molecule has 0 aliphatic carbocycles. The van der Waals surface area contributed by atoms with Gasteiger partial charge in [-0.1, -0.05) is 78.2 Å². The van der Waals surface area contributed by atoms with Crippen LogP contribution in [0.4, 0.5) is 5.69 Å². The van der Waals surface area contributed by atoms with Gasteiger partial charge in [-0.3, -0.25) is 9.69 Å². The van der Waals surface area contributed by atoms with Crippen molar-refractivity contribution in [2.75, 3.05) is 11.4 Å². The van der Waals surface area contributed by atoms with E-state index in [9.17, 15) is 4.79 Å². The van der Waals surface area contributed by atoms with Gasteiger partial charge in [0.2, 0.25) is 0 Å². The van der Waals surface area contributed by atoms with Crippen molar-refractivity contribution < 1.29 is 4.79 Å². The van der Waals surface area contributed by atoms with Crippen LogP contribution in [-0.4, -0.2) is 21.7 Å². The minimum Gasteiger partial charge on any atom is -0.334 e. The van der Waals surface area contributed by atoms with Crippen LogP contribution in [0.15, 0.2) is 69.4 Å². The molecule has 1 atom stereocenters. The topological polar surface area (TPSA) is 23.6 Å². The molecule has 2 aromatic carbocycles. The Morgan fingerprint density at radius 1 is 1.04 bits per heavy atom. The average Bonchev–Trinajstić information content (AvgIpc) is 3.18. The number of hydrogen-bond donors (Lipinski definition) is 0. The molecule has 1 saturated heterocycles. The lowest BCUT2D eigenvalue weighted by Crippen LogP contribution is -2.31. The summed E-state index contributed by atoms with van der Waals surface area (Å²) < 4.78 is 0.626. The second kappa shape index (κ2) is 7.10. The quantitative estimate of drug-likeness (QED) is 0.508. The van der Waals surface area contributed by atoms with Crippen LogP contribution in [0.1, 0.15) is 25.5 Å². The van der Waals surface area contributed by atoms with E-state index in [1.807, 2.05) is 49.4 Å². The van der Waals surface area contributed by atoms with E-state index in [0.29, 0.717) is 4.32 Å². The van der Waals surface area contributed by atoms with E-state index in [0.717, 1.165) is 27.7 Å². The van der Waals surface area contributed by atoms with Gasteiger partial charge in [-0.15, -0.1) is 0 Å². The second-order valence-corrected chi connectivity index (χ2v) is 8.75. The number of nitrogens with zero attached hydrogens (tertiary/aromatic N) is 2. The number of thiocarbonyl (C=S) groups is 1. The molecular weight excluding hydrogens is 380 g/mol. The monoisotopic (exact) mass is 398 g/mol. The predicted molar refractivity (Wildman–Crippen MR) is 114 cm³/mol. The highest BCUT2D eigenvalue weighted by atomic mass is 32.2. The van der Waals surface area contributed by atoms with E-state index in [2.05, 4.69) is 24.0 Å². The van der Waals surface area contributed by atoms with E-state index in [1.165, 1.54) is 16.7 Å². The molecule has 6 heteroatoms. The molecule has 26 heavy (non-hydrogen) atoms. The third-order valence-corrected chi connectivity index (χ3v) is 7.29. The van der Waals surface area contributed by atoms with Crippen LogP contribution < -0.4 is 4.90 Å². The van der Waals surface area contributed by atoms with Crippen molar-refractivity contribution in [3.63, 3.8) is 0 Å². The molecule has 0 bridgehead atoms. The van der Waals surface area contributed by atoms with Crippen LogP contribution in [0.25, 0.3) is 0 Å². The van der Waals surface area contributed by atoms with Gasteiger partial charge >= 0.3 is 0 Å². The number of fused-ring (bicyclic) bond motifs is 1. The number of para-hydroxylation sites is 1. The maximum absolute atomic E-state index is 13.2. The highest BCUT2D eigenvalue weighted by Crippen LogP contribution is 2.51. The summed E-state index contributed by atoms with van der Waals surface area (Å²) in [6.45, 7) is 4.95. The van der Waals surface area contributed by atoms with Gasteiger partial charge in [-0.25, -0.2) is 0 Å². The van der Waals surface area contributed by atoms with Gasteiger partial charge in [0, 0.05) is 11.4 Å². The SMILES string of the molecule is CCN1C(=C2SC(=S)N([C@@H](C)c3ccccc3)C2=O)Sc2ccccc21. The van der Waals surface area contributed by atoms with Gasteiger partial charge in [0.1, 0.15) is 14.3 Å². The van der Waals surface area contributed by atoms with Crippen LogP contribution in [0, 0.1) is 0 Å². The van der Waals surface area contributed by atoms with E-state index in [4.69, 9.17) is 12.2 Å². The first-order chi connectivity index (χ1) is 12.6. The van der Waals surface area contributed by atoms with Gasteiger partial charge in [0.25, 0.3) is 5.91 Å². The lowest BCUT2D eigenvalue weighted by molar-refractivity contribution is -0.123. The van der Waals surface area contributed by atoms with Crippen LogP contribution in [0.5, 0.6) is 0 Å². The molecule has 0 spiro atoms. The van der Waals surface area contributed by atoms with E-state index in [-0.39, 0.29) is 11.9 Å². The molecule has 2 heterocycles. The summed E-state index contributed by atoms with van der Waals surface area (Å²) in [5, 5.41) is 0.994. The van der Waals surface area contributed by atoms with Gasteiger partial charge < -0.3 is 4.90 Å². The Morgan fingerprint density at radius 3 is 2.46 bits per heavy atom. The van der Waals surface area contributed by atoms with E-state index in [1.54, 1.807) is 16.7 Å². The molecule has 132 valence electrons. The Labute approximate surface area is 167 Å². The zero-order valence-corrected chi connectivity index (χ0v) is 17.0. The summed E-state index contributed by atoms with van der Waals surface area (Å²) in [5.74, 6) is 0.00473. The number of anilines is 1. The van der Waals surface area contributed by atoms with Crippen molar-refractivity contribution in [1.29, 1.82) is 0 Å². The summed E-state index contributed by atoms with van der Waals surface area (Å²) in [4.78, 5) is 19.1. The first-order valence-corrected chi connectivity index (χ1v) is 10.5. The standard InChI is InChI=1S/C20H18N2OS3/c1-3-21-15-11-7-8-12-16(15)25-19(21)17-18(23)22(20(24)26-17)13(2)14-9-5-4-6-10-14/h4-13H,3H2,1-2H3/t13-/m0/s1. The minimum absolute atomic E-state index is 0.00473. The number of amides is 1. The van der Waals surface area contributed by atoms with Gasteiger partial charge in [-0.05, 0) is 31.5 Å². The van der Waals surface area contributed by atoms with Gasteiger partial charge in [0.05, 0.1) is 11.7 Å². The maximum atomic E-state index is 13.2. The fourth-order valence-electron chi connectivity index (χ4n) is 3.24. The summed E-state index contributed by atoms with van der Waals surface area (Å²) in [7, 11) is 0. The van der Waals surface area contributed by atoms with E-state index < -0.39 is 0 Å². The fraction of sp³-hybridized carbons (Fsp3) is 0.200. The van der Waals surface area contributed by atoms with Crippen LogP contribution in [0.2, 0.25) is 0 Å². The van der Waals surface area contributed by atoms with E-state index >= 15 is 0 Å². The largest absolute Gasteiger partial charge is 0.334 e. The molecule has 0 radical (unpaired) electrons. The molecule has 2 aliphatic rings. The molecule has 2 aliphatic heterocycles. The summed E-state index contributed by atoms with van der Waals surface area (Å²) in [6.07, 6.45) is 0. The molecule has 0 N–H and O–H groups in total. The number of carbonyl (C=O) groups excluding carboxylic acids is 1. The van der Waals surface area contributed by atoms with Crippen LogP contribution in [0.3, 0.4) is 0 Å². The summed E-state index contributed by atoms with van der Waals surface area (Å²) >= 11 is 8.65. The van der Waals surface area contributed by atoms with Crippen molar-refractivity contribution in [3.8, 4) is 0 Å². The third kappa shape index (κ3) is 2.86. The number of thioether (sulfide) groups is 2. The molecular formula is C20H18N2OS3. The highest BCUT2D eigenvalue weighted by Gasteiger charge is 2.40. The molecule has 2 aromatic rings. The molecule has 1 fully saturated rings. The minimum atomic E-state index is -0.0781. The fourth-order valence-corrected chi connectivity index (χ4v) is 6.03. The molecule has 0 unspecified atom stereocenters. The molecule has 1 amide bonds. The van der Waals surface area contributed by atoms with Crippen molar-refractivity contribution in [1.82, 2.24) is 4.90 Å². The van der Waals surface area contributed by atoms with Crippen LogP contribution in [-0.2, 0) is 4.79 Å². The zero-order valence-electron chi connectivity index (χ0n) is 14.5. The normalized spacial score (nSPS) is 20.7. The van der Waals surface area contributed by atoms with Crippen molar-refractivity contribution in [2.45, 2.75) is 24.8 Å². The second-order valence-electron chi connectivity index (χ2n) is 6.08. The zero-order chi connectivity index (χ0) is 18.3. The number of rotatable bonds is 3. The predicted octanol–water partition coefficient (Wildman–Crippen LogP) is 5.41. The van der Waals surface area contributed by atoms with Crippen LogP contribution >= 0.6 is 35.7 Å². The Hall–Kier alpha value is -1.76. The van der Waals surface area contributed by atoms with Crippen molar-refractivity contribution in [2.24, 2.45) is 0 Å². The molecule has 0 aromatic heterocycles. The first kappa shape index (κ1) is 17.6. The smallest absolute Gasteiger partial charge is 0.269 e. The van der Waals surface area contributed by atoms with Gasteiger partial charge in [0.15, 0.2) is 0 Å². The number of hydrogen-bond acceptors (Lipinski definition) is 5. The Balaban J connectivity index is 1.71. The van der Waals surface area contributed by atoms with Crippen molar-refractivity contribution >= 4 is 51.7 Å². The Morgan fingerprint density at radius 2 is 1.73 bits per heavy atom. The molecule has 3 nitrogen and oxygen atoms in total. The first-order valence-electron chi connectivity index (χ1n) is 8.50. The lowest BCUT2D eigenvalue weighted by Gasteiger charge is -2.24. The average molecular weight is 399 g/mol. The van der Waals surface area contributed by atoms with Gasteiger partial charge in [-0.2, -0.15) is 0 Å². The summed E-state index contributed by atoms with van der Waals surface area (Å²) in [5.41, 5.74) is 2.25. The molecule has 0 saturated carbocycles. The maximum Gasteiger partial charge on any atom is 0.269 e. The number of carbonyl (C=O) groups is 1. The Kier molecular flexibility index (Phi) is 4.82. The lowest BCUT2D eigenvalue weighted by atomic mass is 10.1. The summed E-state index contributed by atoms with van der Waals surface area (Å²) in [6, 6.07) is 18.2. The number of benzene rings is 2.